The molecular weight excluding hydrogens is 290 g/mol. The Morgan fingerprint density at radius 3 is 3.00 bits per heavy atom. The van der Waals surface area contributed by atoms with Gasteiger partial charge in [0.05, 0.1) is 10.6 Å². The van der Waals surface area contributed by atoms with Gasteiger partial charge in [-0.15, -0.1) is 33.3 Å². The van der Waals surface area contributed by atoms with Crippen LogP contribution in [-0.4, -0.2) is 10.2 Å². The van der Waals surface area contributed by atoms with Gasteiger partial charge in [0.1, 0.15) is 0 Å². The van der Waals surface area contributed by atoms with Crippen LogP contribution in [0.3, 0.4) is 0 Å². The molecule has 0 saturated carbocycles. The zero-order valence-corrected chi connectivity index (χ0v) is 12.5. The van der Waals surface area contributed by atoms with E-state index in [4.69, 9.17) is 10.2 Å². The lowest BCUT2D eigenvalue weighted by Crippen LogP contribution is -1.90. The molecule has 0 aliphatic carbocycles. The summed E-state index contributed by atoms with van der Waals surface area (Å²) < 4.78 is 5.65. The van der Waals surface area contributed by atoms with Crippen LogP contribution in [0.2, 0.25) is 0 Å². The number of aryl methyl sites for hydroxylation is 1. The van der Waals surface area contributed by atoms with Gasteiger partial charge in [-0.05, 0) is 36.1 Å². The maximum atomic E-state index is 5.95. The molecule has 0 bridgehead atoms. The first-order chi connectivity index (χ1) is 9.72. The Morgan fingerprint density at radius 2 is 2.20 bits per heavy atom. The molecule has 2 aromatic heterocycles. The van der Waals surface area contributed by atoms with Gasteiger partial charge in [0.15, 0.2) is 0 Å². The zero-order valence-electron chi connectivity index (χ0n) is 10.9. The van der Waals surface area contributed by atoms with E-state index in [-0.39, 0.29) is 0 Å². The lowest BCUT2D eigenvalue weighted by molar-refractivity contribution is 0.529. The summed E-state index contributed by atoms with van der Waals surface area (Å²) in [5, 5.41) is 10.1. The highest BCUT2D eigenvalue weighted by Gasteiger charge is 2.10. The highest BCUT2D eigenvalue weighted by Crippen LogP contribution is 2.30. The topological polar surface area (TPSA) is 64.9 Å². The molecule has 2 heterocycles. The molecule has 0 amide bonds. The minimum absolute atomic E-state index is 0.577. The van der Waals surface area contributed by atoms with Crippen LogP contribution in [0.15, 0.2) is 45.0 Å². The maximum absolute atomic E-state index is 5.95. The number of benzene rings is 1. The molecule has 2 N–H and O–H groups in total. The highest BCUT2D eigenvalue weighted by molar-refractivity contribution is 7.98. The predicted octanol–water partition coefficient (Wildman–Crippen LogP) is 3.98. The van der Waals surface area contributed by atoms with Gasteiger partial charge in [-0.1, -0.05) is 12.1 Å². The van der Waals surface area contributed by atoms with Crippen molar-refractivity contribution >= 4 is 28.8 Å². The normalized spacial score (nSPS) is 10.8. The Labute approximate surface area is 125 Å². The molecule has 3 rings (SSSR count). The van der Waals surface area contributed by atoms with E-state index in [0.29, 0.717) is 17.5 Å². The van der Waals surface area contributed by atoms with Crippen molar-refractivity contribution in [2.75, 3.05) is 5.73 Å². The van der Waals surface area contributed by atoms with Crippen LogP contribution >= 0.6 is 23.1 Å². The number of thiophene rings is 1. The first-order valence-corrected chi connectivity index (χ1v) is 7.94. The first kappa shape index (κ1) is 13.2. The van der Waals surface area contributed by atoms with Gasteiger partial charge < -0.3 is 10.2 Å². The Morgan fingerprint density at radius 1 is 1.30 bits per heavy atom. The van der Waals surface area contributed by atoms with Gasteiger partial charge in [0.25, 0.3) is 5.89 Å². The molecule has 0 spiro atoms. The predicted molar refractivity (Wildman–Crippen MR) is 82.8 cm³/mol. The number of aromatic nitrogens is 2. The zero-order chi connectivity index (χ0) is 13.9. The Balaban J connectivity index is 1.71. The van der Waals surface area contributed by atoms with E-state index in [1.807, 2.05) is 36.6 Å². The van der Waals surface area contributed by atoms with Crippen LogP contribution in [0.4, 0.5) is 5.69 Å². The summed E-state index contributed by atoms with van der Waals surface area (Å²) in [5.74, 6) is 1.80. The van der Waals surface area contributed by atoms with Crippen molar-refractivity contribution in [1.29, 1.82) is 0 Å². The summed E-state index contributed by atoms with van der Waals surface area (Å²) >= 11 is 3.19. The minimum Gasteiger partial charge on any atom is -0.419 e. The van der Waals surface area contributed by atoms with E-state index >= 15 is 0 Å². The van der Waals surface area contributed by atoms with E-state index in [9.17, 15) is 0 Å². The molecule has 6 heteroatoms. The molecular formula is C14H13N3OS2. The molecule has 0 atom stereocenters. The lowest BCUT2D eigenvalue weighted by Gasteiger charge is -2.04. The van der Waals surface area contributed by atoms with Crippen molar-refractivity contribution in [3.05, 3.63) is 47.2 Å². The third-order valence-electron chi connectivity index (χ3n) is 2.72. The molecule has 0 aliphatic rings. The van der Waals surface area contributed by atoms with Gasteiger partial charge in [-0.25, -0.2) is 0 Å². The summed E-state index contributed by atoms with van der Waals surface area (Å²) in [5.41, 5.74) is 7.91. The standard InChI is InChI=1S/C14H13N3OS2/c1-9-4-5-10(15)12(7-9)20-8-13-16-17-14(18-13)11-3-2-6-19-11/h2-7H,8,15H2,1H3. The second-order valence-electron chi connectivity index (χ2n) is 4.31. The minimum atomic E-state index is 0.577. The van der Waals surface area contributed by atoms with Crippen molar-refractivity contribution in [2.45, 2.75) is 17.6 Å². The largest absolute Gasteiger partial charge is 0.419 e. The van der Waals surface area contributed by atoms with Gasteiger partial charge in [0.2, 0.25) is 5.89 Å². The number of anilines is 1. The van der Waals surface area contributed by atoms with Crippen LogP contribution in [0, 0.1) is 6.92 Å². The maximum Gasteiger partial charge on any atom is 0.257 e. The van der Waals surface area contributed by atoms with E-state index in [2.05, 4.69) is 16.3 Å². The molecule has 0 saturated heterocycles. The summed E-state index contributed by atoms with van der Waals surface area (Å²) in [7, 11) is 0. The number of nitrogens with zero attached hydrogens (tertiary/aromatic N) is 2. The number of thioether (sulfide) groups is 1. The Hall–Kier alpha value is -1.79. The molecule has 0 fully saturated rings. The number of nitrogen functional groups attached to an aromatic ring is 1. The van der Waals surface area contributed by atoms with E-state index < -0.39 is 0 Å². The smallest absolute Gasteiger partial charge is 0.257 e. The average Bonchev–Trinajstić information content (AvgIpc) is 3.09. The quantitative estimate of drug-likeness (QED) is 0.583. The first-order valence-electron chi connectivity index (χ1n) is 6.07. The van der Waals surface area contributed by atoms with Crippen LogP contribution in [0.1, 0.15) is 11.5 Å². The Bertz CT molecular complexity index is 707. The van der Waals surface area contributed by atoms with Crippen molar-refractivity contribution in [3.63, 3.8) is 0 Å². The van der Waals surface area contributed by atoms with Crippen LogP contribution in [0.25, 0.3) is 10.8 Å². The summed E-state index contributed by atoms with van der Waals surface area (Å²) in [6, 6.07) is 9.92. The second-order valence-corrected chi connectivity index (χ2v) is 6.27. The Kier molecular flexibility index (Phi) is 3.75. The molecule has 0 radical (unpaired) electrons. The van der Waals surface area contributed by atoms with Crippen molar-refractivity contribution in [2.24, 2.45) is 0 Å². The van der Waals surface area contributed by atoms with Crippen LogP contribution in [0.5, 0.6) is 0 Å². The fraction of sp³-hybridized carbons (Fsp3) is 0.143. The highest BCUT2D eigenvalue weighted by atomic mass is 32.2. The van der Waals surface area contributed by atoms with Gasteiger partial charge >= 0.3 is 0 Å². The number of hydrogen-bond donors (Lipinski definition) is 1. The molecule has 20 heavy (non-hydrogen) atoms. The fourth-order valence-electron chi connectivity index (χ4n) is 1.72. The second kappa shape index (κ2) is 5.68. The fourth-order valence-corrected chi connectivity index (χ4v) is 3.26. The van der Waals surface area contributed by atoms with Gasteiger partial charge in [-0.3, -0.25) is 0 Å². The summed E-state index contributed by atoms with van der Waals surface area (Å²) in [6.45, 7) is 2.05. The number of nitrogens with two attached hydrogens (primary N) is 1. The van der Waals surface area contributed by atoms with E-state index in [1.54, 1.807) is 23.1 Å². The number of hydrogen-bond acceptors (Lipinski definition) is 6. The molecule has 102 valence electrons. The van der Waals surface area contributed by atoms with Crippen LogP contribution < -0.4 is 5.73 Å². The monoisotopic (exact) mass is 303 g/mol. The van der Waals surface area contributed by atoms with Crippen LogP contribution in [-0.2, 0) is 5.75 Å². The SMILES string of the molecule is Cc1ccc(N)c(SCc2nnc(-c3cccs3)o2)c1. The number of rotatable bonds is 4. The van der Waals surface area contributed by atoms with Crippen molar-refractivity contribution < 1.29 is 4.42 Å². The molecule has 3 aromatic rings. The lowest BCUT2D eigenvalue weighted by atomic mass is 10.2. The molecule has 0 aliphatic heterocycles. The third kappa shape index (κ3) is 2.86. The van der Waals surface area contributed by atoms with Crippen molar-refractivity contribution in [1.82, 2.24) is 10.2 Å². The summed E-state index contributed by atoms with van der Waals surface area (Å²) in [4.78, 5) is 2.03. The third-order valence-corrected chi connectivity index (χ3v) is 4.63. The molecule has 1 aromatic carbocycles. The molecule has 4 nitrogen and oxygen atoms in total. The van der Waals surface area contributed by atoms with E-state index in [0.717, 1.165) is 15.5 Å². The van der Waals surface area contributed by atoms with Gasteiger partial charge in [-0.2, -0.15) is 0 Å². The van der Waals surface area contributed by atoms with Crippen molar-refractivity contribution in [3.8, 4) is 10.8 Å². The average molecular weight is 303 g/mol. The molecule has 0 unspecified atom stereocenters. The summed E-state index contributed by atoms with van der Waals surface area (Å²) in [6.07, 6.45) is 0. The van der Waals surface area contributed by atoms with Gasteiger partial charge in [0, 0.05) is 10.6 Å². The van der Waals surface area contributed by atoms with E-state index in [1.165, 1.54) is 5.56 Å².